The number of aromatic hydroxyl groups is 1. The minimum absolute atomic E-state index is 0.0799. The molecule has 4 atom stereocenters. The summed E-state index contributed by atoms with van der Waals surface area (Å²) in [6.45, 7) is 14.8. The van der Waals surface area contributed by atoms with Crippen molar-refractivity contribution in [2.45, 2.75) is 92.0 Å². The molecule has 0 aliphatic heterocycles. The van der Waals surface area contributed by atoms with Gasteiger partial charge in [0.15, 0.2) is 0 Å². The standard InChI is InChI=1S/C31H42ClN3O5/c1-17(2)14-23(33-30(39)40-31(6,7)8)29(38)35(24-16-19(24)4)27(21-12-13-25(36)20(5)15-21)28(37)34-26-18(3)10-9-11-22(26)32/h9-13,15,17,19,23-24,27,36H,14,16H2,1-8H3,(H,33,39)(H,34,37). The summed E-state index contributed by atoms with van der Waals surface area (Å²) in [7, 11) is 0. The van der Waals surface area contributed by atoms with Gasteiger partial charge in [-0.15, -0.1) is 0 Å². The first-order valence-corrected chi connectivity index (χ1v) is 14.1. The normalized spacial score (nSPS) is 18.1. The predicted molar refractivity (Wildman–Crippen MR) is 157 cm³/mol. The second kappa shape index (κ2) is 12.5. The molecule has 3 N–H and O–H groups in total. The van der Waals surface area contributed by atoms with Gasteiger partial charge in [0.05, 0.1) is 10.7 Å². The van der Waals surface area contributed by atoms with E-state index < -0.39 is 29.7 Å². The zero-order valence-electron chi connectivity index (χ0n) is 24.7. The molecule has 8 nitrogen and oxygen atoms in total. The minimum atomic E-state index is -1.03. The van der Waals surface area contributed by atoms with E-state index in [0.717, 1.165) is 12.0 Å². The van der Waals surface area contributed by atoms with Crippen LogP contribution in [0.2, 0.25) is 5.02 Å². The number of anilines is 1. The van der Waals surface area contributed by atoms with Crippen molar-refractivity contribution in [2.24, 2.45) is 11.8 Å². The number of nitrogens with one attached hydrogen (secondary N) is 2. The molecule has 4 unspecified atom stereocenters. The second-order valence-corrected chi connectivity index (χ2v) is 12.6. The predicted octanol–water partition coefficient (Wildman–Crippen LogP) is 6.52. The van der Waals surface area contributed by atoms with Gasteiger partial charge >= 0.3 is 6.09 Å². The Morgan fingerprint density at radius 1 is 1.12 bits per heavy atom. The summed E-state index contributed by atoms with van der Waals surface area (Å²) < 4.78 is 5.46. The molecular formula is C31H42ClN3O5. The molecule has 1 fully saturated rings. The molecule has 0 saturated heterocycles. The SMILES string of the molecule is Cc1cc(C(C(=O)Nc2c(C)cccc2Cl)N(C(=O)C(CC(C)C)NC(=O)OC(C)(C)C)C2CC2C)ccc1O. The van der Waals surface area contributed by atoms with Crippen LogP contribution in [-0.2, 0) is 14.3 Å². The Labute approximate surface area is 242 Å². The molecule has 40 heavy (non-hydrogen) atoms. The molecule has 2 aromatic rings. The van der Waals surface area contributed by atoms with Crippen LogP contribution in [0.25, 0.3) is 0 Å². The number of alkyl carbamates (subject to hydrolysis) is 1. The van der Waals surface area contributed by atoms with E-state index in [1.165, 1.54) is 6.07 Å². The molecule has 3 rings (SSSR count). The van der Waals surface area contributed by atoms with Crippen LogP contribution < -0.4 is 10.6 Å². The number of hydrogen-bond acceptors (Lipinski definition) is 5. The topological polar surface area (TPSA) is 108 Å². The Bertz CT molecular complexity index is 1240. The van der Waals surface area contributed by atoms with Crippen LogP contribution in [0.3, 0.4) is 0 Å². The lowest BCUT2D eigenvalue weighted by molar-refractivity contribution is -0.142. The van der Waals surface area contributed by atoms with Crippen LogP contribution in [0.1, 0.15) is 77.1 Å². The van der Waals surface area contributed by atoms with Crippen molar-refractivity contribution >= 4 is 35.2 Å². The summed E-state index contributed by atoms with van der Waals surface area (Å²) in [6, 6.07) is 8.08. The summed E-state index contributed by atoms with van der Waals surface area (Å²) in [4.78, 5) is 42.9. The van der Waals surface area contributed by atoms with Gasteiger partial charge in [-0.05, 0) is 94.2 Å². The van der Waals surface area contributed by atoms with Gasteiger partial charge < -0.3 is 25.4 Å². The molecular weight excluding hydrogens is 530 g/mol. The highest BCUT2D eigenvalue weighted by molar-refractivity contribution is 6.34. The van der Waals surface area contributed by atoms with E-state index in [9.17, 15) is 19.5 Å². The van der Waals surface area contributed by atoms with Gasteiger partial charge in [-0.1, -0.05) is 50.6 Å². The van der Waals surface area contributed by atoms with Gasteiger partial charge in [-0.25, -0.2) is 4.79 Å². The van der Waals surface area contributed by atoms with E-state index in [2.05, 4.69) is 10.6 Å². The molecule has 218 valence electrons. The number of nitrogens with zero attached hydrogens (tertiary/aromatic N) is 1. The van der Waals surface area contributed by atoms with Crippen molar-refractivity contribution in [3.8, 4) is 5.75 Å². The van der Waals surface area contributed by atoms with Crippen molar-refractivity contribution in [3.63, 3.8) is 0 Å². The number of ether oxygens (including phenoxy) is 1. The lowest BCUT2D eigenvalue weighted by Crippen LogP contribution is -2.53. The van der Waals surface area contributed by atoms with Crippen molar-refractivity contribution in [1.29, 1.82) is 0 Å². The van der Waals surface area contributed by atoms with E-state index >= 15 is 0 Å². The molecule has 2 aromatic carbocycles. The minimum Gasteiger partial charge on any atom is -0.508 e. The largest absolute Gasteiger partial charge is 0.508 e. The van der Waals surface area contributed by atoms with E-state index in [1.807, 2.05) is 33.8 Å². The molecule has 3 amide bonds. The molecule has 0 radical (unpaired) electrons. The second-order valence-electron chi connectivity index (χ2n) is 12.2. The average Bonchev–Trinajstić information content (AvgIpc) is 3.55. The lowest BCUT2D eigenvalue weighted by atomic mass is 9.97. The Kier molecular flexibility index (Phi) is 9.77. The van der Waals surface area contributed by atoms with Gasteiger partial charge in [0.2, 0.25) is 5.91 Å². The Balaban J connectivity index is 2.08. The van der Waals surface area contributed by atoms with Gasteiger partial charge in [0.1, 0.15) is 23.4 Å². The van der Waals surface area contributed by atoms with Crippen LogP contribution in [0.4, 0.5) is 10.5 Å². The van der Waals surface area contributed by atoms with Gasteiger partial charge in [-0.3, -0.25) is 9.59 Å². The fourth-order valence-corrected chi connectivity index (χ4v) is 5.03. The first-order chi connectivity index (χ1) is 18.6. The van der Waals surface area contributed by atoms with Crippen molar-refractivity contribution < 1.29 is 24.2 Å². The van der Waals surface area contributed by atoms with Crippen LogP contribution in [0.5, 0.6) is 5.75 Å². The third-order valence-corrected chi connectivity index (χ3v) is 7.22. The Morgan fingerprint density at radius 3 is 2.30 bits per heavy atom. The maximum Gasteiger partial charge on any atom is 0.408 e. The van der Waals surface area contributed by atoms with E-state index in [4.69, 9.17) is 16.3 Å². The lowest BCUT2D eigenvalue weighted by Gasteiger charge is -2.35. The number of rotatable bonds is 9. The summed E-state index contributed by atoms with van der Waals surface area (Å²) in [6.07, 6.45) is 0.393. The summed E-state index contributed by atoms with van der Waals surface area (Å²) >= 11 is 6.44. The van der Waals surface area contributed by atoms with E-state index in [-0.39, 0.29) is 29.5 Å². The number of halogens is 1. The van der Waals surface area contributed by atoms with Gasteiger partial charge in [0.25, 0.3) is 5.91 Å². The van der Waals surface area contributed by atoms with Crippen molar-refractivity contribution in [2.75, 3.05) is 5.32 Å². The highest BCUT2D eigenvalue weighted by atomic mass is 35.5. The molecule has 1 aliphatic carbocycles. The number of amides is 3. The molecule has 1 aliphatic rings. The number of carbonyl (C=O) groups is 3. The third-order valence-electron chi connectivity index (χ3n) is 6.91. The maximum absolute atomic E-state index is 14.4. The Morgan fingerprint density at radius 2 is 1.77 bits per heavy atom. The number of hydrogen-bond donors (Lipinski definition) is 3. The van der Waals surface area contributed by atoms with E-state index in [1.54, 1.807) is 56.9 Å². The summed E-state index contributed by atoms with van der Waals surface area (Å²) in [5.74, 6) is -0.464. The first kappa shape index (κ1) is 31.3. The number of aryl methyl sites for hydroxylation is 2. The molecule has 0 bridgehead atoms. The fraction of sp³-hybridized carbons (Fsp3) is 0.516. The molecule has 0 heterocycles. The van der Waals surface area contributed by atoms with Crippen LogP contribution in [-0.4, -0.2) is 45.6 Å². The molecule has 0 spiro atoms. The average molecular weight is 572 g/mol. The van der Waals surface area contributed by atoms with Crippen LogP contribution >= 0.6 is 11.6 Å². The van der Waals surface area contributed by atoms with Crippen LogP contribution in [0.15, 0.2) is 36.4 Å². The quantitative estimate of drug-likeness (QED) is 0.317. The number of benzene rings is 2. The molecule has 0 aromatic heterocycles. The Hall–Kier alpha value is -3.26. The summed E-state index contributed by atoms with van der Waals surface area (Å²) in [5, 5.41) is 16.3. The van der Waals surface area contributed by atoms with Crippen molar-refractivity contribution in [1.82, 2.24) is 10.2 Å². The van der Waals surface area contributed by atoms with Gasteiger partial charge in [0, 0.05) is 6.04 Å². The zero-order chi connectivity index (χ0) is 29.9. The summed E-state index contributed by atoms with van der Waals surface area (Å²) in [5.41, 5.74) is 1.63. The van der Waals surface area contributed by atoms with Crippen LogP contribution in [0, 0.1) is 25.7 Å². The number of phenolic OH excluding ortho intramolecular Hbond substituents is 1. The van der Waals surface area contributed by atoms with E-state index in [0.29, 0.717) is 28.3 Å². The maximum atomic E-state index is 14.4. The number of para-hydroxylation sites is 1. The highest BCUT2D eigenvalue weighted by Crippen LogP contribution is 2.42. The molecule has 1 saturated carbocycles. The third kappa shape index (κ3) is 7.90. The number of phenols is 1. The highest BCUT2D eigenvalue weighted by Gasteiger charge is 2.48. The smallest absolute Gasteiger partial charge is 0.408 e. The zero-order valence-corrected chi connectivity index (χ0v) is 25.4. The first-order valence-electron chi connectivity index (χ1n) is 13.8. The fourth-order valence-electron chi connectivity index (χ4n) is 4.76. The monoisotopic (exact) mass is 571 g/mol. The van der Waals surface area contributed by atoms with Gasteiger partial charge in [-0.2, -0.15) is 0 Å². The van der Waals surface area contributed by atoms with Crippen molar-refractivity contribution in [3.05, 3.63) is 58.1 Å². The number of carbonyl (C=O) groups excluding carboxylic acids is 3. The molecule has 9 heteroatoms.